The van der Waals surface area contributed by atoms with E-state index in [1.807, 2.05) is 4.90 Å². The van der Waals surface area contributed by atoms with E-state index in [9.17, 15) is 32.3 Å². The number of halogens is 4. The Balaban J connectivity index is 1.54. The summed E-state index contributed by atoms with van der Waals surface area (Å²) in [6.45, 7) is 0.994. The highest BCUT2D eigenvalue weighted by atomic mass is 35.5. The molecule has 1 unspecified atom stereocenters. The van der Waals surface area contributed by atoms with Crippen LogP contribution >= 0.6 is 11.6 Å². The SMILES string of the molecule is NC(=O)N(C(N)=O)c1cc(CN2CCC(NC(=O)CNC(=O)c3cc(C(F)(F)F)ccc3N)C2)ccc1Cl. The Kier molecular flexibility index (Phi) is 8.68. The van der Waals surface area contributed by atoms with Crippen LogP contribution in [0.5, 0.6) is 0 Å². The molecule has 2 aromatic rings. The van der Waals surface area contributed by atoms with Crippen LogP contribution in [0.15, 0.2) is 36.4 Å². The maximum Gasteiger partial charge on any atom is 0.416 e. The molecule has 0 aromatic heterocycles. The summed E-state index contributed by atoms with van der Waals surface area (Å²) in [4.78, 5) is 50.4. The van der Waals surface area contributed by atoms with Gasteiger partial charge in [0, 0.05) is 31.4 Å². The summed E-state index contributed by atoms with van der Waals surface area (Å²) in [5.74, 6) is -1.43. The van der Waals surface area contributed by atoms with Crippen LogP contribution < -0.4 is 32.7 Å². The van der Waals surface area contributed by atoms with Gasteiger partial charge in [-0.2, -0.15) is 13.2 Å². The summed E-state index contributed by atoms with van der Waals surface area (Å²) in [6, 6.07) is 4.68. The predicted molar refractivity (Wildman–Crippen MR) is 133 cm³/mol. The summed E-state index contributed by atoms with van der Waals surface area (Å²) in [6.07, 6.45) is -4.06. The summed E-state index contributed by atoms with van der Waals surface area (Å²) in [7, 11) is 0. The fraction of sp³-hybridized carbons (Fsp3) is 0.304. The lowest BCUT2D eigenvalue weighted by atomic mass is 10.1. The van der Waals surface area contributed by atoms with Crippen LogP contribution in [-0.4, -0.2) is 54.5 Å². The van der Waals surface area contributed by atoms with E-state index in [2.05, 4.69) is 10.6 Å². The predicted octanol–water partition coefficient (Wildman–Crippen LogP) is 2.03. The van der Waals surface area contributed by atoms with E-state index < -0.39 is 42.2 Å². The molecular formula is C23H25ClF3N7O4. The number of benzene rings is 2. The van der Waals surface area contributed by atoms with Gasteiger partial charge in [0.15, 0.2) is 0 Å². The third kappa shape index (κ3) is 7.04. The first-order valence-electron chi connectivity index (χ1n) is 11.2. The van der Waals surface area contributed by atoms with Crippen LogP contribution in [-0.2, 0) is 17.5 Å². The van der Waals surface area contributed by atoms with Crippen molar-refractivity contribution in [2.75, 3.05) is 30.3 Å². The van der Waals surface area contributed by atoms with Crippen molar-refractivity contribution in [2.24, 2.45) is 11.5 Å². The van der Waals surface area contributed by atoms with Crippen LogP contribution in [0.3, 0.4) is 0 Å². The molecule has 2 aromatic carbocycles. The van der Waals surface area contributed by atoms with Gasteiger partial charge >= 0.3 is 18.2 Å². The van der Waals surface area contributed by atoms with E-state index in [0.717, 1.165) is 12.1 Å². The van der Waals surface area contributed by atoms with Gasteiger partial charge in [-0.15, -0.1) is 0 Å². The average Bonchev–Trinajstić information content (AvgIpc) is 3.25. The normalized spacial score (nSPS) is 15.6. The zero-order valence-electron chi connectivity index (χ0n) is 19.8. The van der Waals surface area contributed by atoms with E-state index >= 15 is 0 Å². The minimum atomic E-state index is -4.65. The third-order valence-electron chi connectivity index (χ3n) is 5.77. The van der Waals surface area contributed by atoms with E-state index in [-0.39, 0.29) is 28.0 Å². The van der Waals surface area contributed by atoms with Gasteiger partial charge in [0.25, 0.3) is 5.91 Å². The topological polar surface area (TPSA) is 177 Å². The van der Waals surface area contributed by atoms with Crippen LogP contribution in [0, 0.1) is 0 Å². The number of nitrogen functional groups attached to an aromatic ring is 1. The first kappa shape index (κ1) is 28.5. The molecule has 8 N–H and O–H groups in total. The van der Waals surface area contributed by atoms with Crippen molar-refractivity contribution in [3.05, 3.63) is 58.1 Å². The molecule has 1 aliphatic rings. The monoisotopic (exact) mass is 555 g/mol. The number of alkyl halides is 3. The number of amides is 6. The molecule has 3 rings (SSSR count). The zero-order valence-corrected chi connectivity index (χ0v) is 20.6. The molecule has 1 heterocycles. The number of urea groups is 2. The quantitative estimate of drug-likeness (QED) is 0.326. The summed E-state index contributed by atoms with van der Waals surface area (Å²) < 4.78 is 38.8. The van der Waals surface area contributed by atoms with Gasteiger partial charge in [-0.1, -0.05) is 17.7 Å². The van der Waals surface area contributed by atoms with Crippen molar-refractivity contribution in [2.45, 2.75) is 25.2 Å². The van der Waals surface area contributed by atoms with Gasteiger partial charge in [0.2, 0.25) is 5.91 Å². The third-order valence-corrected chi connectivity index (χ3v) is 6.09. The van der Waals surface area contributed by atoms with Gasteiger partial charge in [-0.3, -0.25) is 14.5 Å². The fourth-order valence-electron chi connectivity index (χ4n) is 3.99. The van der Waals surface area contributed by atoms with Crippen molar-refractivity contribution in [1.29, 1.82) is 0 Å². The number of hydrogen-bond acceptors (Lipinski definition) is 6. The minimum Gasteiger partial charge on any atom is -0.398 e. The lowest BCUT2D eigenvalue weighted by Gasteiger charge is -2.20. The minimum absolute atomic E-state index is 0.0466. The van der Waals surface area contributed by atoms with E-state index in [1.54, 1.807) is 6.07 Å². The van der Waals surface area contributed by atoms with Crippen molar-refractivity contribution in [1.82, 2.24) is 15.5 Å². The van der Waals surface area contributed by atoms with Crippen molar-refractivity contribution in [3.8, 4) is 0 Å². The number of carbonyl (C=O) groups excluding carboxylic acids is 4. The van der Waals surface area contributed by atoms with E-state index in [1.165, 1.54) is 12.1 Å². The van der Waals surface area contributed by atoms with E-state index in [4.69, 9.17) is 28.8 Å². The van der Waals surface area contributed by atoms with Gasteiger partial charge in [0.1, 0.15) is 0 Å². The Morgan fingerprint density at radius 2 is 1.76 bits per heavy atom. The summed E-state index contributed by atoms with van der Waals surface area (Å²) in [5.41, 5.74) is 15.3. The second-order valence-corrected chi connectivity index (χ2v) is 8.98. The summed E-state index contributed by atoms with van der Waals surface area (Å²) in [5, 5.41) is 5.14. The van der Waals surface area contributed by atoms with Gasteiger partial charge in [0.05, 0.1) is 28.4 Å². The second kappa shape index (κ2) is 11.6. The van der Waals surface area contributed by atoms with Crippen molar-refractivity contribution in [3.63, 3.8) is 0 Å². The molecule has 204 valence electrons. The molecule has 0 saturated carbocycles. The standard InChI is InChI=1S/C23H25ClF3N7O4/c24-16-3-1-12(7-18(16)34(21(29)37)22(30)38)10-33-6-5-14(11-33)32-19(35)9-31-20(36)15-8-13(23(25,26)27)2-4-17(15)28/h1-4,7-8,14H,5-6,9-11,28H2,(H2,29,37)(H2,30,38)(H,31,36)(H,32,35). The molecule has 1 fully saturated rings. The number of hydrogen-bond donors (Lipinski definition) is 5. The van der Waals surface area contributed by atoms with Gasteiger partial charge in [-0.25, -0.2) is 14.5 Å². The Morgan fingerprint density at radius 1 is 1.08 bits per heavy atom. The first-order chi connectivity index (χ1) is 17.8. The fourth-order valence-corrected chi connectivity index (χ4v) is 4.19. The highest BCUT2D eigenvalue weighted by Crippen LogP contribution is 2.31. The number of carbonyl (C=O) groups is 4. The molecule has 11 nitrogen and oxygen atoms in total. The van der Waals surface area contributed by atoms with Crippen LogP contribution in [0.25, 0.3) is 0 Å². The van der Waals surface area contributed by atoms with Crippen LogP contribution in [0.2, 0.25) is 5.02 Å². The zero-order chi connectivity index (χ0) is 28.2. The molecule has 1 atom stereocenters. The molecule has 6 amide bonds. The highest BCUT2D eigenvalue weighted by Gasteiger charge is 2.32. The Morgan fingerprint density at radius 3 is 2.39 bits per heavy atom. The average molecular weight is 556 g/mol. The number of anilines is 2. The molecule has 0 aliphatic carbocycles. The molecular weight excluding hydrogens is 531 g/mol. The number of imide groups is 1. The maximum atomic E-state index is 12.9. The number of rotatable bonds is 7. The number of nitrogens with one attached hydrogen (secondary N) is 2. The molecule has 38 heavy (non-hydrogen) atoms. The van der Waals surface area contributed by atoms with Crippen molar-refractivity contribution >= 4 is 46.9 Å². The van der Waals surface area contributed by atoms with Crippen molar-refractivity contribution < 1.29 is 32.3 Å². The van der Waals surface area contributed by atoms with Gasteiger partial charge < -0.3 is 27.8 Å². The van der Waals surface area contributed by atoms with Crippen LogP contribution in [0.4, 0.5) is 34.1 Å². The smallest absolute Gasteiger partial charge is 0.398 e. The molecule has 15 heteroatoms. The number of nitrogens with two attached hydrogens (primary N) is 3. The Labute approximate surface area is 220 Å². The largest absolute Gasteiger partial charge is 0.416 e. The molecule has 0 radical (unpaired) electrons. The number of primary amides is 2. The molecule has 1 aliphatic heterocycles. The maximum absolute atomic E-state index is 12.9. The highest BCUT2D eigenvalue weighted by molar-refractivity contribution is 6.35. The number of nitrogens with zero attached hydrogens (tertiary/aromatic N) is 2. The molecule has 0 bridgehead atoms. The second-order valence-electron chi connectivity index (χ2n) is 8.57. The lowest BCUT2D eigenvalue weighted by Crippen LogP contribution is -2.44. The Bertz CT molecular complexity index is 1240. The Hall–Kier alpha value is -4.04. The van der Waals surface area contributed by atoms with Crippen LogP contribution in [0.1, 0.15) is 27.9 Å². The summed E-state index contributed by atoms with van der Waals surface area (Å²) >= 11 is 6.10. The molecule has 0 spiro atoms. The lowest BCUT2D eigenvalue weighted by molar-refractivity contribution is -0.137. The number of likely N-dealkylation sites (tertiary alicyclic amines) is 1. The molecule has 1 saturated heterocycles. The first-order valence-corrected chi connectivity index (χ1v) is 11.6. The van der Waals surface area contributed by atoms with Gasteiger partial charge in [-0.05, 0) is 42.3 Å². The van der Waals surface area contributed by atoms with E-state index in [0.29, 0.717) is 42.6 Å².